The molecule has 4 aliphatic rings. The molecule has 4 aromatic rings. The van der Waals surface area contributed by atoms with E-state index in [0.717, 1.165) is 28.7 Å². The van der Waals surface area contributed by atoms with E-state index in [-0.39, 0.29) is 133 Å². The first-order valence-electron chi connectivity index (χ1n) is 38.3. The van der Waals surface area contributed by atoms with Gasteiger partial charge >= 0.3 is 56.5 Å². The van der Waals surface area contributed by atoms with Gasteiger partial charge < -0.3 is 51.1 Å². The second kappa shape index (κ2) is 55.4. The third kappa shape index (κ3) is 41.1. The average Bonchev–Trinajstić information content (AvgIpc) is 1.65. The molecule has 0 bridgehead atoms. The van der Waals surface area contributed by atoms with Crippen molar-refractivity contribution in [1.29, 1.82) is 0 Å². The summed E-state index contributed by atoms with van der Waals surface area (Å²) in [4.78, 5) is 136. The van der Waals surface area contributed by atoms with Crippen molar-refractivity contribution >= 4 is 157 Å². The van der Waals surface area contributed by atoms with E-state index in [1.54, 1.807) is 13.8 Å². The Morgan fingerprint density at radius 3 is 1.23 bits per heavy atom. The number of nitrogens with one attached hydrogen (secondary N) is 4. The number of ether oxygens (including phenoxy) is 4. The number of nitrogens with two attached hydrogens (primary N) is 1. The fourth-order valence-electron chi connectivity index (χ4n) is 13.1. The Balaban J connectivity index is 0.000000479. The normalized spacial score (nSPS) is 18.7. The molecular formula is C83H120I6N7O15-. The summed E-state index contributed by atoms with van der Waals surface area (Å²) in [7, 11) is 0. The molecule has 4 saturated heterocycles. The van der Waals surface area contributed by atoms with Crippen LogP contribution < -0.4 is 40.3 Å². The van der Waals surface area contributed by atoms with Crippen LogP contribution in [-0.2, 0) is 92.6 Å². The number of benzene rings is 4. The Morgan fingerprint density at radius 1 is 0.468 bits per heavy atom. The van der Waals surface area contributed by atoms with Crippen LogP contribution >= 0.6 is 98.4 Å². The molecule has 4 aromatic carbocycles. The maximum absolute atomic E-state index is 14.2. The Hall–Kier alpha value is -3.32. The number of rotatable bonds is 42. The number of carboxylic acids is 1. The van der Waals surface area contributed by atoms with Gasteiger partial charge in [0, 0.05) is 94.5 Å². The van der Waals surface area contributed by atoms with E-state index in [1.807, 2.05) is 168 Å². The topological polar surface area (TPSA) is 315 Å². The monoisotopic (exact) mass is 2220 g/mol. The summed E-state index contributed by atoms with van der Waals surface area (Å²) in [5.41, 5.74) is 8.10. The maximum atomic E-state index is 14.2. The van der Waals surface area contributed by atoms with Gasteiger partial charge in [0.1, 0.15) is 23.0 Å². The molecule has 22 nitrogen and oxygen atoms in total. The minimum atomic E-state index is -1.05. The van der Waals surface area contributed by atoms with E-state index < -0.39 is 65.0 Å². The molecule has 0 aromatic heterocycles. The van der Waals surface area contributed by atoms with Gasteiger partial charge in [0.25, 0.3) is 0 Å². The fraction of sp³-hybridized carbons (Fsp3) is 0.590. The van der Waals surface area contributed by atoms with Gasteiger partial charge in [0.05, 0.1) is 82.8 Å². The summed E-state index contributed by atoms with van der Waals surface area (Å²) in [5.74, 6) is -4.65. The van der Waals surface area contributed by atoms with Crippen molar-refractivity contribution < 1.29 is 85.3 Å². The number of hydrogen-bond donors (Lipinski definition) is 6. The standard InChI is InChI=1S/C42H59N3O7.C32H43N3O6.C9H17NO2.I3.I2.HI/c1-29(2)22-36(43-40(49)33(17-16-31-12-8-6-9-13-31)25-35(46)27-45-18-20-51-21-19-45)38(47)26-34(24-32-14-10-7-11-15-32)41(50)44-37(23-30(3)4)39(48)42(5)28-52-42;1-23(2)19-28(29(36)21-26(32(39)40)20-25-11-7-4-8-12-25)34-31(38)27(14-13-24-9-5-3-6-10-24)33-30(37)22-35-15-17-41-18-16-35;1-6(2)4-7(10)8(11)9(3)5-12-9;1-3-2;1-2;/h6-15,29-30,33-34,36-37H,16-28H2,1-5H3,(H,43,49)(H,44,50);3-12,23,26-28H,13-22H2,1-2H3,(H,33,37)(H,34,38)(H,39,40);6-7H,4-5,10H2,1-3H3;;;1H/q;;;-1;;/t33-,34-,36+,37+,42-;26-,27+,28+;7-,9+;;;/m110.../s1. The molecule has 0 unspecified atom stereocenters. The van der Waals surface area contributed by atoms with E-state index in [4.69, 9.17) is 24.7 Å². The zero-order valence-electron chi connectivity index (χ0n) is 66.1. The summed E-state index contributed by atoms with van der Waals surface area (Å²) in [5, 5.41) is 21.6. The zero-order valence-corrected chi connectivity index (χ0v) is 79.2. The van der Waals surface area contributed by atoms with Crippen molar-refractivity contribution in [2.75, 3.05) is 78.9 Å². The van der Waals surface area contributed by atoms with Crippen molar-refractivity contribution in [2.45, 2.75) is 194 Å². The van der Waals surface area contributed by atoms with Crippen molar-refractivity contribution in [2.24, 2.45) is 47.2 Å². The molecule has 28 heteroatoms. The van der Waals surface area contributed by atoms with E-state index in [9.17, 15) is 53.1 Å². The summed E-state index contributed by atoms with van der Waals surface area (Å²) < 4.78 is 21.2. The number of carbonyl (C=O) groups excluding carboxylic acids is 9. The summed E-state index contributed by atoms with van der Waals surface area (Å²) >= 11 is 9.54. The number of amides is 4. The molecular weight excluding hydrogens is 2100 g/mol. The van der Waals surface area contributed by atoms with Crippen LogP contribution in [0.15, 0.2) is 121 Å². The molecule has 4 fully saturated rings. The first kappa shape index (κ1) is 102. The van der Waals surface area contributed by atoms with Crippen molar-refractivity contribution in [3.05, 3.63) is 144 Å². The van der Waals surface area contributed by atoms with Crippen molar-refractivity contribution in [1.82, 2.24) is 31.1 Å². The molecule has 4 heterocycles. The van der Waals surface area contributed by atoms with Gasteiger partial charge in [-0.2, -0.15) is 0 Å². The molecule has 0 aliphatic carbocycles. The molecule has 10 atom stereocenters. The van der Waals surface area contributed by atoms with E-state index in [0.29, 0.717) is 136 Å². The number of carbonyl (C=O) groups is 10. The number of morpholine rings is 2. The molecule has 4 aliphatic heterocycles. The van der Waals surface area contributed by atoms with Crippen LogP contribution in [0.3, 0.4) is 0 Å². The number of nitrogens with zero attached hydrogens (tertiary/aromatic N) is 2. The fourth-order valence-corrected chi connectivity index (χ4v) is 13.1. The molecule has 0 saturated carbocycles. The van der Waals surface area contributed by atoms with Gasteiger partial charge in [-0.15, -0.1) is 24.0 Å². The number of carboxylic acid groups (broad SMARTS) is 1. The molecule has 4 amide bonds. The Morgan fingerprint density at radius 2 is 0.820 bits per heavy atom. The van der Waals surface area contributed by atoms with Crippen molar-refractivity contribution in [3.63, 3.8) is 0 Å². The Kier molecular flexibility index (Phi) is 50.8. The van der Waals surface area contributed by atoms with E-state index >= 15 is 0 Å². The molecule has 620 valence electrons. The first-order chi connectivity index (χ1) is 52.4. The number of epoxide rings is 2. The van der Waals surface area contributed by atoms with Gasteiger partial charge in [0.2, 0.25) is 23.6 Å². The number of aliphatic carboxylic acids is 1. The third-order valence-electron chi connectivity index (χ3n) is 19.3. The van der Waals surface area contributed by atoms with Crippen LogP contribution in [0.1, 0.15) is 149 Å². The second-order valence-electron chi connectivity index (χ2n) is 31.0. The predicted molar refractivity (Wildman–Crippen MR) is 475 cm³/mol. The second-order valence-corrected chi connectivity index (χ2v) is 47.2. The van der Waals surface area contributed by atoms with Gasteiger partial charge in [-0.05, 0) is 124 Å². The minimum absolute atomic E-state index is 0. The van der Waals surface area contributed by atoms with E-state index in [2.05, 4.69) is 114 Å². The average molecular weight is 2220 g/mol. The third-order valence-corrected chi connectivity index (χ3v) is 19.3. The molecule has 8 rings (SSSR count). The quantitative estimate of drug-likeness (QED) is 0.0178. The van der Waals surface area contributed by atoms with Crippen molar-refractivity contribution in [3.8, 4) is 0 Å². The van der Waals surface area contributed by atoms with Crippen LogP contribution in [0.5, 0.6) is 0 Å². The number of ketones is 5. The predicted octanol–water partition coefficient (Wildman–Crippen LogP) is 9.52. The van der Waals surface area contributed by atoms with Crippen LogP contribution in [0.4, 0.5) is 0 Å². The van der Waals surface area contributed by atoms with Gasteiger partial charge in [-0.25, -0.2) is 0 Å². The van der Waals surface area contributed by atoms with Gasteiger partial charge in [-0.3, -0.25) is 57.7 Å². The number of halogens is 6. The van der Waals surface area contributed by atoms with Crippen LogP contribution in [0, 0.1) is 41.4 Å². The van der Waals surface area contributed by atoms with Crippen LogP contribution in [0.25, 0.3) is 0 Å². The Labute approximate surface area is 729 Å². The van der Waals surface area contributed by atoms with Crippen LogP contribution in [-0.4, -0.2) is 194 Å². The molecule has 0 radical (unpaired) electrons. The van der Waals surface area contributed by atoms with Crippen LogP contribution in [0.2, 0.25) is 0 Å². The summed E-state index contributed by atoms with van der Waals surface area (Å²) in [6.45, 7) is 25.7. The summed E-state index contributed by atoms with van der Waals surface area (Å²) in [6, 6.07) is 34.6. The number of aryl methyl sites for hydroxylation is 2. The Bertz CT molecular complexity index is 3420. The molecule has 0 spiro atoms. The molecule has 111 heavy (non-hydrogen) atoms. The van der Waals surface area contributed by atoms with Gasteiger partial charge in [-0.1, -0.05) is 177 Å². The van der Waals surface area contributed by atoms with Gasteiger partial charge in [0.15, 0.2) is 23.1 Å². The molecule has 7 N–H and O–H groups in total. The summed E-state index contributed by atoms with van der Waals surface area (Å²) in [6.07, 6.45) is 4.26. The SMILES string of the molecule is CC(C)C[C@H](N)C(=O)[C@@]1(C)CO1.CC(C)C[C@H](NC(=O)[C@H](CCc1ccccc1)CC(=O)CN1CCOCC1)C(=O)C[C@@H](Cc1ccccc1)C(=O)N[C@@H](CC(C)C)C(=O)[C@@]1(C)CO1.CC(C)C[C@H](NC(=O)[C@H](CCc1ccccc1)NC(=O)CN1CCOCC1)C(=O)C[C@@H](Cc1ccccc1)C(=O)O.I.II.I[I-]I. The number of hydrogen-bond acceptors (Lipinski definition) is 17. The van der Waals surface area contributed by atoms with E-state index in [1.165, 1.54) is 0 Å². The first-order valence-corrected chi connectivity index (χ1v) is 57.2. The number of Topliss-reactive ketones (excluding diaryl/α,β-unsaturated/α-hetero) is 5. The zero-order chi connectivity index (χ0) is 81.3.